The van der Waals surface area contributed by atoms with Gasteiger partial charge in [0, 0.05) is 0 Å². The van der Waals surface area contributed by atoms with Gasteiger partial charge in [0.25, 0.3) is 0 Å². The summed E-state index contributed by atoms with van der Waals surface area (Å²) in [4.78, 5) is 0. The van der Waals surface area contributed by atoms with Crippen molar-refractivity contribution in [2.75, 3.05) is 19.0 Å². The number of hydrogen-bond acceptors (Lipinski definition) is 6. The molecular formula is C12H17NO5. The maximum Gasteiger partial charge on any atom is 0.157 e. The van der Waals surface area contributed by atoms with Crippen LogP contribution in [0.3, 0.4) is 0 Å². The molecule has 1 aromatic rings. The number of aliphatic hydroxyl groups excluding tert-OH is 3. The standard InChI is InChI=1S/C12H17NO5/c1-17-8-5-3-2-4-7(8)13-12-11(16)10(15)9(6-14)18-12/h2-5,9-16H,6H2,1H3/t9-,10-,11-,12-/m1/s1. The maximum absolute atomic E-state index is 9.79. The average molecular weight is 255 g/mol. The second-order valence-corrected chi connectivity index (χ2v) is 4.10. The van der Waals surface area contributed by atoms with Gasteiger partial charge in [0.05, 0.1) is 19.4 Å². The highest BCUT2D eigenvalue weighted by Crippen LogP contribution is 2.28. The normalized spacial score (nSPS) is 31.3. The van der Waals surface area contributed by atoms with Gasteiger partial charge in [-0.1, -0.05) is 12.1 Å². The molecule has 1 aliphatic heterocycles. The predicted molar refractivity (Wildman–Crippen MR) is 64.4 cm³/mol. The van der Waals surface area contributed by atoms with Crippen LogP contribution in [0.5, 0.6) is 5.75 Å². The Morgan fingerprint density at radius 3 is 2.61 bits per heavy atom. The van der Waals surface area contributed by atoms with Crippen molar-refractivity contribution in [2.24, 2.45) is 0 Å². The van der Waals surface area contributed by atoms with Crippen molar-refractivity contribution in [3.63, 3.8) is 0 Å². The molecule has 0 unspecified atom stereocenters. The number of methoxy groups -OCH3 is 1. The molecule has 4 atom stereocenters. The molecule has 0 radical (unpaired) electrons. The highest BCUT2D eigenvalue weighted by Gasteiger charge is 2.42. The van der Waals surface area contributed by atoms with Gasteiger partial charge in [0.1, 0.15) is 24.1 Å². The van der Waals surface area contributed by atoms with Gasteiger partial charge in [-0.3, -0.25) is 0 Å². The Labute approximate surface area is 105 Å². The summed E-state index contributed by atoms with van der Waals surface area (Å²) < 4.78 is 10.5. The van der Waals surface area contributed by atoms with Crippen molar-refractivity contribution >= 4 is 5.69 Å². The minimum Gasteiger partial charge on any atom is -0.495 e. The molecule has 2 rings (SSSR count). The lowest BCUT2D eigenvalue weighted by molar-refractivity contribution is -0.0153. The molecular weight excluding hydrogens is 238 g/mol. The van der Waals surface area contributed by atoms with Gasteiger partial charge in [-0.15, -0.1) is 0 Å². The van der Waals surface area contributed by atoms with Crippen LogP contribution in [0, 0.1) is 0 Å². The second-order valence-electron chi connectivity index (χ2n) is 4.10. The molecule has 18 heavy (non-hydrogen) atoms. The molecule has 0 saturated carbocycles. The summed E-state index contributed by atoms with van der Waals surface area (Å²) in [6.45, 7) is -0.345. The Morgan fingerprint density at radius 2 is 2.00 bits per heavy atom. The van der Waals surface area contributed by atoms with E-state index in [-0.39, 0.29) is 6.61 Å². The maximum atomic E-state index is 9.79. The van der Waals surface area contributed by atoms with E-state index in [4.69, 9.17) is 14.6 Å². The summed E-state index contributed by atoms with van der Waals surface area (Å²) in [5.41, 5.74) is 0.648. The third kappa shape index (κ3) is 2.41. The van der Waals surface area contributed by atoms with E-state index in [0.29, 0.717) is 11.4 Å². The van der Waals surface area contributed by atoms with Crippen molar-refractivity contribution in [1.82, 2.24) is 0 Å². The SMILES string of the molecule is COc1ccccc1N[C@@H]1O[C@H](CO)[C@@H](O)[C@H]1O. The van der Waals surface area contributed by atoms with E-state index in [0.717, 1.165) is 0 Å². The Kier molecular flexibility index (Phi) is 4.03. The van der Waals surface area contributed by atoms with Gasteiger partial charge in [-0.05, 0) is 12.1 Å². The van der Waals surface area contributed by atoms with Gasteiger partial charge in [-0.2, -0.15) is 0 Å². The van der Waals surface area contributed by atoms with Crippen molar-refractivity contribution in [3.05, 3.63) is 24.3 Å². The van der Waals surface area contributed by atoms with Crippen molar-refractivity contribution in [1.29, 1.82) is 0 Å². The van der Waals surface area contributed by atoms with Gasteiger partial charge in [-0.25, -0.2) is 0 Å². The topological polar surface area (TPSA) is 91.2 Å². The first-order chi connectivity index (χ1) is 8.67. The quantitative estimate of drug-likeness (QED) is 0.582. The number of ether oxygens (including phenoxy) is 2. The van der Waals surface area contributed by atoms with E-state index < -0.39 is 24.5 Å². The molecule has 0 amide bonds. The zero-order valence-electron chi connectivity index (χ0n) is 9.98. The first-order valence-corrected chi connectivity index (χ1v) is 5.69. The molecule has 1 fully saturated rings. The van der Waals surface area contributed by atoms with Crippen molar-refractivity contribution < 1.29 is 24.8 Å². The van der Waals surface area contributed by atoms with E-state index in [1.165, 1.54) is 7.11 Å². The van der Waals surface area contributed by atoms with Gasteiger partial charge in [0.15, 0.2) is 6.23 Å². The van der Waals surface area contributed by atoms with Crippen LogP contribution in [0.25, 0.3) is 0 Å². The van der Waals surface area contributed by atoms with E-state index >= 15 is 0 Å². The fourth-order valence-corrected chi connectivity index (χ4v) is 1.94. The molecule has 0 spiro atoms. The van der Waals surface area contributed by atoms with E-state index in [2.05, 4.69) is 5.32 Å². The minimum atomic E-state index is -1.11. The Bertz CT molecular complexity index is 400. The number of para-hydroxylation sites is 2. The molecule has 0 bridgehead atoms. The Balaban J connectivity index is 2.10. The first-order valence-electron chi connectivity index (χ1n) is 5.69. The van der Waals surface area contributed by atoms with Crippen LogP contribution in [0.2, 0.25) is 0 Å². The monoisotopic (exact) mass is 255 g/mol. The molecule has 6 nitrogen and oxygen atoms in total. The molecule has 6 heteroatoms. The van der Waals surface area contributed by atoms with Crippen molar-refractivity contribution in [3.8, 4) is 5.75 Å². The molecule has 1 saturated heterocycles. The highest BCUT2D eigenvalue weighted by molar-refractivity contribution is 5.56. The number of hydrogen-bond donors (Lipinski definition) is 4. The highest BCUT2D eigenvalue weighted by atomic mass is 16.6. The third-order valence-corrected chi connectivity index (χ3v) is 2.95. The smallest absolute Gasteiger partial charge is 0.157 e. The van der Waals surface area contributed by atoms with Crippen LogP contribution in [0.4, 0.5) is 5.69 Å². The molecule has 1 aliphatic rings. The van der Waals surface area contributed by atoms with Crippen LogP contribution in [-0.2, 0) is 4.74 Å². The Morgan fingerprint density at radius 1 is 1.28 bits per heavy atom. The molecule has 100 valence electrons. The van der Waals surface area contributed by atoms with Crippen LogP contribution in [-0.4, -0.2) is 53.6 Å². The summed E-state index contributed by atoms with van der Waals surface area (Å²) >= 11 is 0. The summed E-state index contributed by atoms with van der Waals surface area (Å²) in [7, 11) is 1.54. The summed E-state index contributed by atoms with van der Waals surface area (Å²) in [5.74, 6) is 0.607. The van der Waals surface area contributed by atoms with E-state index in [1.54, 1.807) is 12.1 Å². The zero-order valence-corrected chi connectivity index (χ0v) is 9.98. The summed E-state index contributed by atoms with van der Waals surface area (Å²) in [5, 5.41) is 31.3. The van der Waals surface area contributed by atoms with Crippen LogP contribution in [0.15, 0.2) is 24.3 Å². The minimum absolute atomic E-state index is 0.345. The van der Waals surface area contributed by atoms with Gasteiger partial charge >= 0.3 is 0 Å². The summed E-state index contributed by atoms with van der Waals surface area (Å²) in [6.07, 6.45) is -3.78. The van der Waals surface area contributed by atoms with E-state index in [9.17, 15) is 10.2 Å². The predicted octanol–water partition coefficient (Wildman–Crippen LogP) is -0.454. The summed E-state index contributed by atoms with van der Waals surface area (Å²) in [6, 6.07) is 7.17. The lowest BCUT2D eigenvalue weighted by Gasteiger charge is -2.19. The van der Waals surface area contributed by atoms with Crippen LogP contribution >= 0.6 is 0 Å². The lowest BCUT2D eigenvalue weighted by atomic mass is 10.1. The largest absolute Gasteiger partial charge is 0.495 e. The third-order valence-electron chi connectivity index (χ3n) is 2.95. The Hall–Kier alpha value is -1.34. The number of rotatable bonds is 4. The molecule has 4 N–H and O–H groups in total. The molecule has 1 heterocycles. The second kappa shape index (κ2) is 5.53. The fourth-order valence-electron chi connectivity index (χ4n) is 1.94. The molecule has 0 aliphatic carbocycles. The van der Waals surface area contributed by atoms with Gasteiger partial charge < -0.3 is 30.1 Å². The van der Waals surface area contributed by atoms with Gasteiger partial charge in [0.2, 0.25) is 0 Å². The number of aliphatic hydroxyl groups is 3. The molecule has 0 aromatic heterocycles. The van der Waals surface area contributed by atoms with Crippen molar-refractivity contribution in [2.45, 2.75) is 24.5 Å². The van der Waals surface area contributed by atoms with Crippen LogP contribution in [0.1, 0.15) is 0 Å². The first kappa shape index (κ1) is 13.1. The van der Waals surface area contributed by atoms with E-state index in [1.807, 2.05) is 12.1 Å². The lowest BCUT2D eigenvalue weighted by Crippen LogP contribution is -2.36. The fraction of sp³-hybridized carbons (Fsp3) is 0.500. The molecule has 1 aromatic carbocycles. The number of anilines is 1. The number of nitrogens with one attached hydrogen (secondary N) is 1. The zero-order chi connectivity index (χ0) is 13.1. The number of benzene rings is 1. The average Bonchev–Trinajstić information content (AvgIpc) is 2.67. The van der Waals surface area contributed by atoms with Crippen LogP contribution < -0.4 is 10.1 Å².